The number of esters is 1. The van der Waals surface area contributed by atoms with Gasteiger partial charge in [-0.1, -0.05) is 13.8 Å². The summed E-state index contributed by atoms with van der Waals surface area (Å²) in [6.07, 6.45) is 0.400. The standard InChI is InChI=1S/C16H22N2O6/c1-5-24-14-7-6-11(9-13(14)18(21)22)15(19)17-12(8-10(2)3)16(20)23-4/h6-7,9-10,12H,5,8H2,1-4H3,(H,17,19). The Morgan fingerprint density at radius 1 is 1.33 bits per heavy atom. The van der Waals surface area contributed by atoms with E-state index in [0.29, 0.717) is 6.42 Å². The van der Waals surface area contributed by atoms with Crippen molar-refractivity contribution in [3.63, 3.8) is 0 Å². The largest absolute Gasteiger partial charge is 0.487 e. The van der Waals surface area contributed by atoms with E-state index < -0.39 is 22.8 Å². The van der Waals surface area contributed by atoms with E-state index in [1.54, 1.807) is 6.92 Å². The summed E-state index contributed by atoms with van der Waals surface area (Å²) in [6.45, 7) is 5.79. The Bertz CT molecular complexity index is 615. The van der Waals surface area contributed by atoms with Crippen LogP contribution in [-0.2, 0) is 9.53 Å². The van der Waals surface area contributed by atoms with Crippen molar-refractivity contribution < 1.29 is 24.0 Å². The predicted octanol–water partition coefficient (Wildman–Crippen LogP) is 2.31. The second-order valence-corrected chi connectivity index (χ2v) is 5.55. The van der Waals surface area contributed by atoms with Crippen LogP contribution in [0.1, 0.15) is 37.6 Å². The van der Waals surface area contributed by atoms with Gasteiger partial charge in [-0.15, -0.1) is 0 Å². The molecule has 1 unspecified atom stereocenters. The van der Waals surface area contributed by atoms with E-state index in [1.165, 1.54) is 19.2 Å². The number of rotatable bonds is 8. The maximum absolute atomic E-state index is 12.3. The molecule has 0 fully saturated rings. The van der Waals surface area contributed by atoms with Crippen LogP contribution in [0.3, 0.4) is 0 Å². The molecule has 1 amide bonds. The highest BCUT2D eigenvalue weighted by Gasteiger charge is 2.25. The summed E-state index contributed by atoms with van der Waals surface area (Å²) in [4.78, 5) is 34.6. The highest BCUT2D eigenvalue weighted by Crippen LogP contribution is 2.28. The third-order valence-corrected chi connectivity index (χ3v) is 3.22. The molecule has 1 N–H and O–H groups in total. The van der Waals surface area contributed by atoms with Gasteiger partial charge in [-0.3, -0.25) is 14.9 Å². The average molecular weight is 338 g/mol. The van der Waals surface area contributed by atoms with Crippen molar-refractivity contribution in [2.24, 2.45) is 5.92 Å². The monoisotopic (exact) mass is 338 g/mol. The Hall–Kier alpha value is -2.64. The van der Waals surface area contributed by atoms with Crippen LogP contribution in [0.4, 0.5) is 5.69 Å². The van der Waals surface area contributed by atoms with Crippen molar-refractivity contribution in [2.75, 3.05) is 13.7 Å². The minimum absolute atomic E-state index is 0.0720. The quantitative estimate of drug-likeness (QED) is 0.443. The van der Waals surface area contributed by atoms with Crippen LogP contribution in [0.2, 0.25) is 0 Å². The van der Waals surface area contributed by atoms with Gasteiger partial charge in [0.2, 0.25) is 0 Å². The molecule has 0 spiro atoms. The topological polar surface area (TPSA) is 108 Å². The molecule has 1 atom stereocenters. The maximum Gasteiger partial charge on any atom is 0.328 e. The van der Waals surface area contributed by atoms with Gasteiger partial charge in [0.25, 0.3) is 5.91 Å². The number of nitrogens with zero attached hydrogens (tertiary/aromatic N) is 1. The molecule has 0 aliphatic carbocycles. The lowest BCUT2D eigenvalue weighted by atomic mass is 10.0. The number of ether oxygens (including phenoxy) is 2. The summed E-state index contributed by atoms with van der Waals surface area (Å²) in [7, 11) is 1.24. The third-order valence-electron chi connectivity index (χ3n) is 3.22. The van der Waals surface area contributed by atoms with Crippen molar-refractivity contribution in [3.05, 3.63) is 33.9 Å². The zero-order valence-corrected chi connectivity index (χ0v) is 14.2. The van der Waals surface area contributed by atoms with Crippen LogP contribution >= 0.6 is 0 Å². The van der Waals surface area contributed by atoms with Crippen molar-refractivity contribution in [1.82, 2.24) is 5.32 Å². The first-order valence-electron chi connectivity index (χ1n) is 7.60. The molecule has 0 aromatic heterocycles. The number of nitrogens with one attached hydrogen (secondary N) is 1. The number of carbonyl (C=O) groups excluding carboxylic acids is 2. The second-order valence-electron chi connectivity index (χ2n) is 5.55. The summed E-state index contributed by atoms with van der Waals surface area (Å²) in [5.41, 5.74) is -0.231. The molecule has 24 heavy (non-hydrogen) atoms. The molecule has 1 aromatic rings. The SMILES string of the molecule is CCOc1ccc(C(=O)NC(CC(C)C)C(=O)OC)cc1[N+](=O)[O-]. The smallest absolute Gasteiger partial charge is 0.328 e. The molecule has 0 aliphatic heterocycles. The molecular weight excluding hydrogens is 316 g/mol. The highest BCUT2D eigenvalue weighted by atomic mass is 16.6. The summed E-state index contributed by atoms with van der Waals surface area (Å²) >= 11 is 0. The first-order chi connectivity index (χ1) is 11.3. The minimum atomic E-state index is -0.812. The summed E-state index contributed by atoms with van der Waals surface area (Å²) < 4.78 is 9.86. The fourth-order valence-corrected chi connectivity index (χ4v) is 2.15. The lowest BCUT2D eigenvalue weighted by Gasteiger charge is -2.18. The van der Waals surface area contributed by atoms with E-state index in [0.717, 1.165) is 6.07 Å². The predicted molar refractivity (Wildman–Crippen MR) is 87.0 cm³/mol. The zero-order valence-electron chi connectivity index (χ0n) is 14.2. The molecule has 132 valence electrons. The molecule has 8 heteroatoms. The first-order valence-corrected chi connectivity index (χ1v) is 7.60. The van der Waals surface area contributed by atoms with Gasteiger partial charge in [-0.25, -0.2) is 4.79 Å². The third kappa shape index (κ3) is 5.22. The van der Waals surface area contributed by atoms with E-state index in [2.05, 4.69) is 10.1 Å². The number of hydrogen-bond donors (Lipinski definition) is 1. The van der Waals surface area contributed by atoms with E-state index in [1.807, 2.05) is 13.8 Å². The second kappa shape index (κ2) is 8.85. The van der Waals surface area contributed by atoms with Crippen LogP contribution in [-0.4, -0.2) is 36.6 Å². The summed E-state index contributed by atoms with van der Waals surface area (Å²) in [5.74, 6) is -0.899. The number of methoxy groups -OCH3 is 1. The van der Waals surface area contributed by atoms with Gasteiger partial charge < -0.3 is 14.8 Å². The number of hydrogen-bond acceptors (Lipinski definition) is 6. The molecule has 0 radical (unpaired) electrons. The average Bonchev–Trinajstić information content (AvgIpc) is 2.53. The Morgan fingerprint density at radius 2 is 2.00 bits per heavy atom. The number of nitro groups is 1. The van der Waals surface area contributed by atoms with Crippen molar-refractivity contribution in [1.29, 1.82) is 0 Å². The van der Waals surface area contributed by atoms with Crippen LogP contribution in [0.5, 0.6) is 5.75 Å². The van der Waals surface area contributed by atoms with Crippen molar-refractivity contribution in [3.8, 4) is 5.75 Å². The lowest BCUT2D eigenvalue weighted by Crippen LogP contribution is -2.42. The maximum atomic E-state index is 12.3. The van der Waals surface area contributed by atoms with Gasteiger partial charge >= 0.3 is 11.7 Å². The molecule has 1 rings (SSSR count). The Morgan fingerprint density at radius 3 is 2.50 bits per heavy atom. The van der Waals surface area contributed by atoms with E-state index in [4.69, 9.17) is 4.74 Å². The van der Waals surface area contributed by atoms with Crippen LogP contribution in [0, 0.1) is 16.0 Å². The van der Waals surface area contributed by atoms with Gasteiger partial charge in [0, 0.05) is 11.6 Å². The molecule has 0 saturated carbocycles. The number of nitro benzene ring substituents is 1. The minimum Gasteiger partial charge on any atom is -0.487 e. The van der Waals surface area contributed by atoms with Crippen molar-refractivity contribution >= 4 is 17.6 Å². The van der Waals surface area contributed by atoms with E-state index in [-0.39, 0.29) is 29.5 Å². The molecular formula is C16H22N2O6. The molecule has 1 aromatic carbocycles. The molecule has 0 saturated heterocycles. The van der Waals surface area contributed by atoms with E-state index in [9.17, 15) is 19.7 Å². The van der Waals surface area contributed by atoms with Gasteiger partial charge in [-0.05, 0) is 31.4 Å². The Labute approximate surface area is 140 Å². The zero-order chi connectivity index (χ0) is 18.3. The van der Waals surface area contributed by atoms with Gasteiger partial charge in [-0.2, -0.15) is 0 Å². The first kappa shape index (κ1) is 19.4. The van der Waals surface area contributed by atoms with Gasteiger partial charge in [0.05, 0.1) is 18.6 Å². The van der Waals surface area contributed by atoms with Crippen LogP contribution in [0.15, 0.2) is 18.2 Å². The molecule has 0 aliphatic rings. The number of carbonyl (C=O) groups is 2. The lowest BCUT2D eigenvalue weighted by molar-refractivity contribution is -0.385. The fourth-order valence-electron chi connectivity index (χ4n) is 2.15. The normalized spacial score (nSPS) is 11.7. The van der Waals surface area contributed by atoms with Crippen molar-refractivity contribution in [2.45, 2.75) is 33.2 Å². The van der Waals surface area contributed by atoms with Gasteiger partial charge in [0.15, 0.2) is 5.75 Å². The van der Waals surface area contributed by atoms with Crippen LogP contribution in [0.25, 0.3) is 0 Å². The molecule has 0 heterocycles. The van der Waals surface area contributed by atoms with E-state index >= 15 is 0 Å². The molecule has 0 bridgehead atoms. The number of amides is 1. The number of benzene rings is 1. The Balaban J connectivity index is 3.02. The van der Waals surface area contributed by atoms with Crippen LogP contribution < -0.4 is 10.1 Å². The summed E-state index contributed by atoms with van der Waals surface area (Å²) in [6, 6.07) is 3.10. The highest BCUT2D eigenvalue weighted by molar-refractivity contribution is 5.97. The molecule has 8 nitrogen and oxygen atoms in total. The fraction of sp³-hybridized carbons (Fsp3) is 0.500. The van der Waals surface area contributed by atoms with Gasteiger partial charge in [0.1, 0.15) is 6.04 Å². The summed E-state index contributed by atoms with van der Waals surface area (Å²) in [5, 5.41) is 13.7. The Kier molecular flexibility index (Phi) is 7.16.